The summed E-state index contributed by atoms with van der Waals surface area (Å²) in [6.45, 7) is 3.75. The van der Waals surface area contributed by atoms with Gasteiger partial charge in [0.1, 0.15) is 22.9 Å². The predicted molar refractivity (Wildman–Crippen MR) is 122 cm³/mol. The van der Waals surface area contributed by atoms with Crippen LogP contribution in [0.5, 0.6) is 5.75 Å². The number of fused-ring (bicyclic) bond motifs is 2. The van der Waals surface area contributed by atoms with Crippen molar-refractivity contribution in [3.05, 3.63) is 47.8 Å². The first-order chi connectivity index (χ1) is 16.0. The van der Waals surface area contributed by atoms with Gasteiger partial charge in [-0.1, -0.05) is 6.07 Å². The maximum atomic E-state index is 12.7. The van der Waals surface area contributed by atoms with E-state index in [-0.39, 0.29) is 11.9 Å². The lowest BCUT2D eigenvalue weighted by Gasteiger charge is -2.32. The summed E-state index contributed by atoms with van der Waals surface area (Å²) >= 11 is 0. The molecular weight excluding hydrogens is 430 g/mol. The van der Waals surface area contributed by atoms with Crippen LogP contribution in [-0.4, -0.2) is 52.3 Å². The largest absolute Gasteiger partial charge is 0.433 e. The smallest absolute Gasteiger partial charge is 0.387 e. The number of hydrogen-bond acceptors (Lipinski definition) is 7. The van der Waals surface area contributed by atoms with Gasteiger partial charge in [-0.2, -0.15) is 8.78 Å². The van der Waals surface area contributed by atoms with E-state index in [2.05, 4.69) is 29.9 Å². The van der Waals surface area contributed by atoms with Crippen molar-refractivity contribution >= 4 is 33.7 Å². The van der Waals surface area contributed by atoms with E-state index >= 15 is 0 Å². The number of morpholine rings is 1. The van der Waals surface area contributed by atoms with Crippen LogP contribution in [0.1, 0.15) is 18.1 Å². The van der Waals surface area contributed by atoms with Gasteiger partial charge in [-0.25, -0.2) is 15.0 Å². The van der Waals surface area contributed by atoms with Crippen LogP contribution in [0.15, 0.2) is 36.7 Å². The number of nitrogens with one attached hydrogen (secondary N) is 2. The van der Waals surface area contributed by atoms with Crippen LogP contribution < -0.4 is 15.0 Å². The van der Waals surface area contributed by atoms with E-state index in [1.165, 1.54) is 0 Å². The maximum absolute atomic E-state index is 12.7. The summed E-state index contributed by atoms with van der Waals surface area (Å²) in [4.78, 5) is 19.0. The van der Waals surface area contributed by atoms with Crippen LogP contribution in [0.4, 0.5) is 20.4 Å². The Hall–Kier alpha value is -3.53. The number of anilines is 2. The molecule has 2 N–H and O–H groups in total. The third-order valence-corrected chi connectivity index (χ3v) is 5.71. The molecule has 4 aromatic rings. The number of H-pyrrole nitrogens is 1. The Balaban J connectivity index is 1.38. The second kappa shape index (κ2) is 8.78. The number of pyridine rings is 1. The number of nitrogens with zero attached hydrogens (tertiary/aromatic N) is 4. The van der Waals surface area contributed by atoms with Crippen LogP contribution in [0, 0.1) is 6.92 Å². The lowest BCUT2D eigenvalue weighted by atomic mass is 10.1. The number of rotatable bonds is 6. The zero-order chi connectivity index (χ0) is 22.9. The molecule has 10 heteroatoms. The molecule has 1 aliphatic rings. The van der Waals surface area contributed by atoms with Gasteiger partial charge in [-0.15, -0.1) is 0 Å². The molecule has 0 bridgehead atoms. The molecule has 8 nitrogen and oxygen atoms in total. The van der Waals surface area contributed by atoms with E-state index < -0.39 is 6.61 Å². The fourth-order valence-corrected chi connectivity index (χ4v) is 4.18. The van der Waals surface area contributed by atoms with E-state index in [0.29, 0.717) is 35.7 Å². The van der Waals surface area contributed by atoms with Crippen LogP contribution >= 0.6 is 0 Å². The Bertz CT molecular complexity index is 1290. The highest BCUT2D eigenvalue weighted by Gasteiger charge is 2.19. The van der Waals surface area contributed by atoms with Gasteiger partial charge in [-0.3, -0.25) is 0 Å². The molecule has 1 aromatic carbocycles. The van der Waals surface area contributed by atoms with Crippen molar-refractivity contribution in [2.24, 2.45) is 0 Å². The first-order valence-corrected chi connectivity index (χ1v) is 10.8. The number of hydrogen-bond donors (Lipinski definition) is 2. The van der Waals surface area contributed by atoms with Crippen molar-refractivity contribution in [3.8, 4) is 5.75 Å². The van der Waals surface area contributed by atoms with Crippen molar-refractivity contribution < 1.29 is 18.3 Å². The summed E-state index contributed by atoms with van der Waals surface area (Å²) in [7, 11) is 0. The second-order valence-electron chi connectivity index (χ2n) is 8.07. The minimum atomic E-state index is -2.88. The van der Waals surface area contributed by atoms with Crippen LogP contribution in [-0.2, 0) is 11.3 Å². The molecule has 3 aromatic heterocycles. The monoisotopic (exact) mass is 454 g/mol. The molecule has 0 radical (unpaired) electrons. The molecule has 1 saturated heterocycles. The standard InChI is InChI=1S/C23H24F2N6O2/c1-13-9-28-21-17(33-23(24)25)5-3-15(20(13)21)10-27-18-11-26-16-4-6-19(30-22(16)29-18)31-7-8-32-14(2)12-31/h3-6,9,11,14,23,28H,7-8,10,12H2,1-2H3,(H,27,29,30). The van der Waals surface area contributed by atoms with Crippen molar-refractivity contribution in [1.29, 1.82) is 0 Å². The van der Waals surface area contributed by atoms with E-state index in [1.54, 1.807) is 24.5 Å². The van der Waals surface area contributed by atoms with Gasteiger partial charge in [0.15, 0.2) is 5.65 Å². The highest BCUT2D eigenvalue weighted by Crippen LogP contribution is 2.31. The molecule has 4 heterocycles. The summed E-state index contributed by atoms with van der Waals surface area (Å²) in [6, 6.07) is 7.20. The van der Waals surface area contributed by atoms with Crippen molar-refractivity contribution in [2.45, 2.75) is 33.1 Å². The van der Waals surface area contributed by atoms with Crippen LogP contribution in [0.25, 0.3) is 22.1 Å². The molecule has 33 heavy (non-hydrogen) atoms. The summed E-state index contributed by atoms with van der Waals surface area (Å²) in [5.41, 5.74) is 3.68. The Labute approximate surface area is 189 Å². The average Bonchev–Trinajstić information content (AvgIpc) is 3.20. The Morgan fingerprint density at radius 1 is 1.27 bits per heavy atom. The molecule has 0 spiro atoms. The lowest BCUT2D eigenvalue weighted by molar-refractivity contribution is -0.0489. The molecule has 5 rings (SSSR count). The molecule has 0 saturated carbocycles. The van der Waals surface area contributed by atoms with Gasteiger partial charge in [0.2, 0.25) is 0 Å². The maximum Gasteiger partial charge on any atom is 0.387 e. The summed E-state index contributed by atoms with van der Waals surface area (Å²) in [5.74, 6) is 1.55. The molecule has 1 atom stereocenters. The SMILES string of the molecule is Cc1c[nH]c2c(OC(F)F)ccc(CNc3cnc4ccc(N5CCOC(C)C5)nc4n3)c12. The summed E-state index contributed by atoms with van der Waals surface area (Å²) in [5, 5.41) is 4.12. The number of alkyl halides is 2. The first-order valence-electron chi connectivity index (χ1n) is 10.8. The molecule has 1 fully saturated rings. The molecule has 0 aliphatic carbocycles. The van der Waals surface area contributed by atoms with Crippen LogP contribution in [0.2, 0.25) is 0 Å². The highest BCUT2D eigenvalue weighted by atomic mass is 19.3. The minimum Gasteiger partial charge on any atom is -0.433 e. The van der Waals surface area contributed by atoms with Crippen LogP contribution in [0.3, 0.4) is 0 Å². The van der Waals surface area contributed by atoms with Gasteiger partial charge in [0.05, 0.1) is 24.4 Å². The van der Waals surface area contributed by atoms with E-state index in [1.807, 2.05) is 26.0 Å². The molecule has 1 unspecified atom stereocenters. The molecule has 172 valence electrons. The predicted octanol–water partition coefficient (Wildman–Crippen LogP) is 4.25. The number of ether oxygens (including phenoxy) is 2. The molecule has 1 aliphatic heterocycles. The van der Waals surface area contributed by atoms with Gasteiger partial charge in [0.25, 0.3) is 0 Å². The third kappa shape index (κ3) is 4.38. The minimum absolute atomic E-state index is 0.122. The van der Waals surface area contributed by atoms with E-state index in [0.717, 1.165) is 35.4 Å². The van der Waals surface area contributed by atoms with E-state index in [9.17, 15) is 8.78 Å². The van der Waals surface area contributed by atoms with Crippen molar-refractivity contribution in [1.82, 2.24) is 19.9 Å². The first kappa shape index (κ1) is 21.3. The van der Waals surface area contributed by atoms with Crippen molar-refractivity contribution in [2.75, 3.05) is 29.9 Å². The Morgan fingerprint density at radius 3 is 2.97 bits per heavy atom. The highest BCUT2D eigenvalue weighted by molar-refractivity contribution is 5.91. The third-order valence-electron chi connectivity index (χ3n) is 5.71. The van der Waals surface area contributed by atoms with Gasteiger partial charge in [0, 0.05) is 31.2 Å². The number of aryl methyl sites for hydroxylation is 1. The number of aromatic amines is 1. The Morgan fingerprint density at radius 2 is 2.15 bits per heavy atom. The second-order valence-corrected chi connectivity index (χ2v) is 8.07. The fourth-order valence-electron chi connectivity index (χ4n) is 4.18. The van der Waals surface area contributed by atoms with Gasteiger partial charge >= 0.3 is 6.61 Å². The zero-order valence-electron chi connectivity index (χ0n) is 18.3. The molecular formula is C23H24F2N6O2. The Kier molecular flexibility index (Phi) is 5.67. The lowest BCUT2D eigenvalue weighted by Crippen LogP contribution is -2.41. The zero-order valence-corrected chi connectivity index (χ0v) is 18.3. The quantitative estimate of drug-likeness (QED) is 0.450. The van der Waals surface area contributed by atoms with Gasteiger partial charge in [-0.05, 0) is 43.2 Å². The topological polar surface area (TPSA) is 88.2 Å². The molecule has 0 amide bonds. The van der Waals surface area contributed by atoms with E-state index in [4.69, 9.17) is 9.72 Å². The van der Waals surface area contributed by atoms with Crippen molar-refractivity contribution in [3.63, 3.8) is 0 Å². The normalized spacial score (nSPS) is 16.6. The summed E-state index contributed by atoms with van der Waals surface area (Å²) < 4.78 is 35.7. The van der Waals surface area contributed by atoms with Gasteiger partial charge < -0.3 is 24.7 Å². The number of benzene rings is 1. The average molecular weight is 454 g/mol. The number of aromatic nitrogens is 4. The summed E-state index contributed by atoms with van der Waals surface area (Å²) in [6.07, 6.45) is 3.59. The fraction of sp³-hybridized carbons (Fsp3) is 0.348. The number of halogens is 2.